The molecule has 1 aromatic heterocycles. The SMILES string of the molecule is Cc1cc(C(=O)Nc2ccccc2NC(=O)c2ccc(C(C)(C)C)cc2)on1. The molecule has 28 heavy (non-hydrogen) atoms. The van der Waals surface area contributed by atoms with Gasteiger partial charge in [0, 0.05) is 11.6 Å². The van der Waals surface area contributed by atoms with Crippen LogP contribution >= 0.6 is 0 Å². The molecule has 0 aliphatic carbocycles. The Labute approximate surface area is 163 Å². The van der Waals surface area contributed by atoms with Gasteiger partial charge in [0.25, 0.3) is 11.8 Å². The Kier molecular flexibility index (Phi) is 5.31. The highest BCUT2D eigenvalue weighted by atomic mass is 16.5. The second-order valence-corrected chi connectivity index (χ2v) is 7.61. The number of hydrogen-bond donors (Lipinski definition) is 2. The summed E-state index contributed by atoms with van der Waals surface area (Å²) < 4.78 is 4.98. The van der Waals surface area contributed by atoms with E-state index in [1.165, 1.54) is 0 Å². The number of carbonyl (C=O) groups is 2. The first-order valence-electron chi connectivity index (χ1n) is 8.99. The maximum Gasteiger partial charge on any atom is 0.294 e. The molecule has 0 saturated carbocycles. The first-order chi connectivity index (χ1) is 13.2. The maximum absolute atomic E-state index is 12.6. The van der Waals surface area contributed by atoms with Crippen molar-refractivity contribution in [1.29, 1.82) is 0 Å². The van der Waals surface area contributed by atoms with Crippen molar-refractivity contribution in [3.63, 3.8) is 0 Å². The quantitative estimate of drug-likeness (QED) is 0.685. The Bertz CT molecular complexity index is 998. The fourth-order valence-corrected chi connectivity index (χ4v) is 2.67. The summed E-state index contributed by atoms with van der Waals surface area (Å²) in [5, 5.41) is 9.29. The minimum atomic E-state index is -0.433. The number of aromatic nitrogens is 1. The maximum atomic E-state index is 12.6. The molecular formula is C22H23N3O3. The highest BCUT2D eigenvalue weighted by molar-refractivity contribution is 6.09. The van der Waals surface area contributed by atoms with Crippen LogP contribution in [0, 0.1) is 6.92 Å². The van der Waals surface area contributed by atoms with Gasteiger partial charge in [-0.05, 0) is 42.2 Å². The first kappa shape index (κ1) is 19.4. The van der Waals surface area contributed by atoms with Gasteiger partial charge in [0.1, 0.15) is 0 Å². The molecule has 0 radical (unpaired) electrons. The number of anilines is 2. The molecule has 2 N–H and O–H groups in total. The second kappa shape index (κ2) is 7.68. The summed E-state index contributed by atoms with van der Waals surface area (Å²) in [5.74, 6) is -0.578. The Balaban J connectivity index is 1.75. The van der Waals surface area contributed by atoms with Crippen LogP contribution in [0.1, 0.15) is 52.9 Å². The smallest absolute Gasteiger partial charge is 0.294 e. The molecule has 0 atom stereocenters. The van der Waals surface area contributed by atoms with Gasteiger partial charge in [-0.15, -0.1) is 0 Å². The number of nitrogens with zero attached hydrogens (tertiary/aromatic N) is 1. The second-order valence-electron chi connectivity index (χ2n) is 7.61. The molecular weight excluding hydrogens is 354 g/mol. The van der Waals surface area contributed by atoms with Crippen LogP contribution in [0.3, 0.4) is 0 Å². The minimum Gasteiger partial charge on any atom is -0.351 e. The summed E-state index contributed by atoms with van der Waals surface area (Å²) in [7, 11) is 0. The third kappa shape index (κ3) is 4.46. The molecule has 3 rings (SSSR count). The average Bonchev–Trinajstić information content (AvgIpc) is 3.09. The summed E-state index contributed by atoms with van der Waals surface area (Å²) in [6, 6.07) is 16.0. The highest BCUT2D eigenvalue weighted by Crippen LogP contribution is 2.24. The summed E-state index contributed by atoms with van der Waals surface area (Å²) >= 11 is 0. The molecule has 0 aliphatic rings. The van der Waals surface area contributed by atoms with Crippen LogP contribution in [0.15, 0.2) is 59.1 Å². The lowest BCUT2D eigenvalue weighted by Gasteiger charge is -2.19. The van der Waals surface area contributed by atoms with Crippen LogP contribution in [-0.4, -0.2) is 17.0 Å². The van der Waals surface area contributed by atoms with E-state index in [4.69, 9.17) is 4.52 Å². The number of nitrogens with one attached hydrogen (secondary N) is 2. The van der Waals surface area contributed by atoms with E-state index < -0.39 is 5.91 Å². The predicted octanol–water partition coefficient (Wildman–Crippen LogP) is 4.79. The zero-order chi connectivity index (χ0) is 20.3. The molecule has 0 spiro atoms. The van der Waals surface area contributed by atoms with Crippen molar-refractivity contribution in [2.24, 2.45) is 0 Å². The van der Waals surface area contributed by atoms with Crippen molar-refractivity contribution < 1.29 is 14.1 Å². The van der Waals surface area contributed by atoms with E-state index in [0.717, 1.165) is 5.56 Å². The van der Waals surface area contributed by atoms with Gasteiger partial charge in [-0.1, -0.05) is 50.2 Å². The van der Waals surface area contributed by atoms with Gasteiger partial charge in [0.05, 0.1) is 17.1 Å². The van der Waals surface area contributed by atoms with Gasteiger partial charge in [0.15, 0.2) is 0 Å². The van der Waals surface area contributed by atoms with Crippen LogP contribution in [0.2, 0.25) is 0 Å². The predicted molar refractivity (Wildman–Crippen MR) is 109 cm³/mol. The summed E-state index contributed by atoms with van der Waals surface area (Å²) in [5.41, 5.74) is 3.30. The molecule has 6 heteroatoms. The van der Waals surface area contributed by atoms with Gasteiger partial charge < -0.3 is 15.2 Å². The van der Waals surface area contributed by atoms with E-state index in [0.29, 0.717) is 22.6 Å². The molecule has 6 nitrogen and oxygen atoms in total. The standard InChI is InChI=1S/C22H23N3O3/c1-14-13-19(28-25-14)21(27)24-18-8-6-5-7-17(18)23-20(26)15-9-11-16(12-10-15)22(2,3)4/h5-13H,1-4H3,(H,23,26)(H,24,27). The van der Waals surface area contributed by atoms with Crippen LogP contribution in [0.4, 0.5) is 11.4 Å². The van der Waals surface area contributed by atoms with E-state index >= 15 is 0 Å². The fourth-order valence-electron chi connectivity index (χ4n) is 2.67. The number of hydrogen-bond acceptors (Lipinski definition) is 4. The lowest BCUT2D eigenvalue weighted by molar-refractivity contribution is 0.0985. The lowest BCUT2D eigenvalue weighted by atomic mass is 9.87. The van der Waals surface area contributed by atoms with Crippen LogP contribution in [-0.2, 0) is 5.41 Å². The number of benzene rings is 2. The molecule has 2 aromatic carbocycles. The molecule has 144 valence electrons. The molecule has 3 aromatic rings. The first-order valence-corrected chi connectivity index (χ1v) is 8.99. The molecule has 0 saturated heterocycles. The van der Waals surface area contributed by atoms with Gasteiger partial charge in [-0.2, -0.15) is 0 Å². The molecule has 0 fully saturated rings. The zero-order valence-corrected chi connectivity index (χ0v) is 16.4. The van der Waals surface area contributed by atoms with Gasteiger partial charge in [-0.3, -0.25) is 9.59 Å². The topological polar surface area (TPSA) is 84.2 Å². The molecule has 0 bridgehead atoms. The highest BCUT2D eigenvalue weighted by Gasteiger charge is 2.16. The van der Waals surface area contributed by atoms with Crippen molar-refractivity contribution in [3.05, 3.63) is 77.2 Å². The molecule has 2 amide bonds. The van der Waals surface area contributed by atoms with Crippen molar-refractivity contribution in [1.82, 2.24) is 5.16 Å². The Hall–Kier alpha value is -3.41. The Morgan fingerprint density at radius 3 is 1.96 bits per heavy atom. The van der Waals surface area contributed by atoms with Gasteiger partial charge in [-0.25, -0.2) is 0 Å². The van der Waals surface area contributed by atoms with E-state index in [-0.39, 0.29) is 17.1 Å². The Morgan fingerprint density at radius 2 is 1.46 bits per heavy atom. The molecule has 1 heterocycles. The number of amides is 2. The van der Waals surface area contributed by atoms with Crippen molar-refractivity contribution in [2.75, 3.05) is 10.6 Å². The van der Waals surface area contributed by atoms with Crippen molar-refractivity contribution in [2.45, 2.75) is 33.1 Å². The fraction of sp³-hybridized carbons (Fsp3) is 0.227. The van der Waals surface area contributed by atoms with E-state index in [1.807, 2.05) is 12.1 Å². The Morgan fingerprint density at radius 1 is 0.893 bits per heavy atom. The number of rotatable bonds is 4. The normalized spacial score (nSPS) is 11.1. The third-order valence-corrected chi connectivity index (χ3v) is 4.29. The third-order valence-electron chi connectivity index (χ3n) is 4.29. The van der Waals surface area contributed by atoms with Gasteiger partial charge >= 0.3 is 0 Å². The van der Waals surface area contributed by atoms with E-state index in [9.17, 15) is 9.59 Å². The molecule has 0 unspecified atom stereocenters. The van der Waals surface area contributed by atoms with E-state index in [2.05, 4.69) is 36.6 Å². The van der Waals surface area contributed by atoms with E-state index in [1.54, 1.807) is 49.4 Å². The summed E-state index contributed by atoms with van der Waals surface area (Å²) in [4.78, 5) is 24.9. The number of aryl methyl sites for hydroxylation is 1. The minimum absolute atomic E-state index is 0.0188. The summed E-state index contributed by atoms with van der Waals surface area (Å²) in [6.07, 6.45) is 0. The molecule has 0 aliphatic heterocycles. The largest absolute Gasteiger partial charge is 0.351 e. The van der Waals surface area contributed by atoms with Crippen LogP contribution in [0.25, 0.3) is 0 Å². The van der Waals surface area contributed by atoms with Crippen LogP contribution < -0.4 is 10.6 Å². The van der Waals surface area contributed by atoms with Crippen molar-refractivity contribution >= 4 is 23.2 Å². The summed E-state index contributed by atoms with van der Waals surface area (Å²) in [6.45, 7) is 8.10. The monoisotopic (exact) mass is 377 g/mol. The number of carbonyl (C=O) groups excluding carboxylic acids is 2. The lowest BCUT2D eigenvalue weighted by Crippen LogP contribution is -2.17. The number of para-hydroxylation sites is 2. The average molecular weight is 377 g/mol. The van der Waals surface area contributed by atoms with Crippen LogP contribution in [0.5, 0.6) is 0 Å². The van der Waals surface area contributed by atoms with Crippen molar-refractivity contribution in [3.8, 4) is 0 Å². The zero-order valence-electron chi connectivity index (χ0n) is 16.4. The van der Waals surface area contributed by atoms with Gasteiger partial charge in [0.2, 0.25) is 5.76 Å².